The molecule has 0 spiro atoms. The van der Waals surface area contributed by atoms with Crippen molar-refractivity contribution in [3.05, 3.63) is 35.9 Å². The van der Waals surface area contributed by atoms with Gasteiger partial charge in [-0.05, 0) is 6.92 Å². The van der Waals surface area contributed by atoms with E-state index in [9.17, 15) is 0 Å². The summed E-state index contributed by atoms with van der Waals surface area (Å²) in [6, 6.07) is 10.3. The fourth-order valence-electron chi connectivity index (χ4n) is 0.534. The molecule has 0 aromatic heterocycles. The van der Waals surface area contributed by atoms with E-state index in [0.29, 0.717) is 0 Å². The van der Waals surface area contributed by atoms with Crippen molar-refractivity contribution in [1.82, 2.24) is 0 Å². The Kier molecular flexibility index (Phi) is 7.14. The number of halogens is 2. The summed E-state index contributed by atoms with van der Waals surface area (Å²) in [5, 5.41) is 0. The number of hydrogen-bond acceptors (Lipinski definition) is 0. The third-order valence-corrected chi connectivity index (χ3v) is 0.940. The second-order valence-corrected chi connectivity index (χ2v) is 4.38. The van der Waals surface area contributed by atoms with Crippen LogP contribution in [-0.2, 0) is 0 Å². The predicted octanol–water partition coefficient (Wildman–Crippen LogP) is 2.46. The minimum atomic E-state index is -0.639. The van der Waals surface area contributed by atoms with Crippen LogP contribution in [0.2, 0.25) is 0 Å². The van der Waals surface area contributed by atoms with Crippen LogP contribution in [0, 0.1) is 6.92 Å². The molecule has 10 heavy (non-hydrogen) atoms. The van der Waals surface area contributed by atoms with E-state index in [4.69, 9.17) is 22.2 Å². The van der Waals surface area contributed by atoms with E-state index in [1.165, 1.54) is 5.56 Å². The summed E-state index contributed by atoms with van der Waals surface area (Å²) in [4.78, 5) is 0. The van der Waals surface area contributed by atoms with Crippen molar-refractivity contribution in [2.75, 3.05) is 0 Å². The first-order valence-electron chi connectivity index (χ1n) is 2.95. The van der Waals surface area contributed by atoms with Gasteiger partial charge in [0.25, 0.3) is 0 Å². The zero-order valence-electron chi connectivity index (χ0n) is 5.85. The maximum Gasteiger partial charge on any atom is 0.222 e. The fraction of sp³-hybridized carbons (Fsp3) is 0.143. The van der Waals surface area contributed by atoms with Crippen LogP contribution < -0.4 is 0 Å². The van der Waals surface area contributed by atoms with E-state index in [1.807, 2.05) is 18.2 Å². The van der Waals surface area contributed by atoms with Gasteiger partial charge in [-0.25, -0.2) is 0 Å². The molecule has 0 aliphatic rings. The zero-order chi connectivity index (χ0) is 7.82. The van der Waals surface area contributed by atoms with Crippen molar-refractivity contribution in [2.45, 2.75) is 6.92 Å². The third-order valence-electron chi connectivity index (χ3n) is 0.940. The highest BCUT2D eigenvalue weighted by atomic mass is 35.7. The van der Waals surface area contributed by atoms with Gasteiger partial charge in [0.1, 0.15) is 0 Å². The molecule has 1 aromatic rings. The molecule has 0 saturated heterocycles. The lowest BCUT2D eigenvalue weighted by molar-refractivity contribution is 1.48. The molecule has 0 N–H and O–H groups in total. The molecule has 0 fully saturated rings. The van der Waals surface area contributed by atoms with Crippen molar-refractivity contribution in [3.8, 4) is 0 Å². The molecule has 0 unspecified atom stereocenters. The van der Waals surface area contributed by atoms with Crippen molar-refractivity contribution in [3.63, 3.8) is 0 Å². The second kappa shape index (κ2) is 7.13. The molecule has 0 saturated carbocycles. The van der Waals surface area contributed by atoms with Crippen molar-refractivity contribution < 1.29 is 0 Å². The summed E-state index contributed by atoms with van der Waals surface area (Å²) in [5.74, 6) is 0. The van der Waals surface area contributed by atoms with Crippen LogP contribution in [0.15, 0.2) is 30.3 Å². The molecule has 0 amide bonds. The molecule has 1 rings (SSSR count). The van der Waals surface area contributed by atoms with Gasteiger partial charge in [-0.2, -0.15) is 22.2 Å². The monoisotopic (exact) mass is 192 g/mol. The summed E-state index contributed by atoms with van der Waals surface area (Å²) < 4.78 is 0. The predicted molar refractivity (Wildman–Crippen MR) is 51.4 cm³/mol. The molecule has 56 valence electrons. The highest BCUT2D eigenvalue weighted by Crippen LogP contribution is 1.92. The Morgan fingerprint density at radius 2 is 1.50 bits per heavy atom. The van der Waals surface area contributed by atoms with Crippen LogP contribution >= 0.6 is 22.2 Å². The van der Waals surface area contributed by atoms with Crippen LogP contribution in [-0.4, -0.2) is 8.14 Å². The van der Waals surface area contributed by atoms with Gasteiger partial charge in [0.05, 0.1) is 0 Å². The topological polar surface area (TPSA) is 0 Å². The first-order valence-corrected chi connectivity index (χ1v) is 7.22. The molecule has 0 aliphatic carbocycles. The van der Waals surface area contributed by atoms with Crippen LogP contribution in [0.25, 0.3) is 0 Å². The van der Waals surface area contributed by atoms with E-state index >= 15 is 0 Å². The van der Waals surface area contributed by atoms with Gasteiger partial charge < -0.3 is 0 Å². The van der Waals surface area contributed by atoms with E-state index < -0.39 is 8.14 Å². The molecule has 0 atom stereocenters. The Morgan fingerprint density at radius 1 is 1.10 bits per heavy atom. The quantitative estimate of drug-likeness (QED) is 0.438. The third kappa shape index (κ3) is 6.14. The molecule has 3 heteroatoms. The van der Waals surface area contributed by atoms with Crippen molar-refractivity contribution in [1.29, 1.82) is 0 Å². The van der Waals surface area contributed by atoms with Gasteiger partial charge in [0, 0.05) is 0 Å². The molecule has 0 bridgehead atoms. The van der Waals surface area contributed by atoms with E-state index in [-0.39, 0.29) is 0 Å². The van der Waals surface area contributed by atoms with Crippen LogP contribution in [0.3, 0.4) is 0 Å². The average molecular weight is 193 g/mol. The lowest BCUT2D eigenvalue weighted by Crippen LogP contribution is -1.62. The summed E-state index contributed by atoms with van der Waals surface area (Å²) in [7, 11) is -0.639. The Balaban J connectivity index is 0.000000236. The highest BCUT2D eigenvalue weighted by molar-refractivity contribution is 7.22. The van der Waals surface area contributed by atoms with Gasteiger partial charge in [0.2, 0.25) is 8.14 Å². The number of hydrogen-bond donors (Lipinski definition) is 0. The van der Waals surface area contributed by atoms with E-state index in [0.717, 1.165) is 0 Å². The Morgan fingerprint density at radius 3 is 1.70 bits per heavy atom. The smallest absolute Gasteiger partial charge is 0.155 e. The zero-order valence-corrected chi connectivity index (χ0v) is 8.78. The average Bonchev–Trinajstić information content (AvgIpc) is 1.91. The fourth-order valence-corrected chi connectivity index (χ4v) is 0.534. The summed E-state index contributed by atoms with van der Waals surface area (Å²) in [6.07, 6.45) is 0. The first kappa shape index (κ1) is 10.0. The molecular formula is C7H10Cl2Si. The van der Waals surface area contributed by atoms with Gasteiger partial charge in [0.15, 0.2) is 0 Å². The molecule has 0 heterocycles. The number of aryl methyl sites for hydroxylation is 1. The summed E-state index contributed by atoms with van der Waals surface area (Å²) >= 11 is 9.81. The van der Waals surface area contributed by atoms with Crippen molar-refractivity contribution >= 4 is 30.3 Å². The number of benzene rings is 1. The Labute approximate surface area is 73.4 Å². The maximum atomic E-state index is 4.90. The largest absolute Gasteiger partial charge is 0.222 e. The first-order chi connectivity index (χ1) is 4.81. The lowest BCUT2D eigenvalue weighted by Gasteiger charge is -1.82. The molecule has 0 aliphatic heterocycles. The minimum Gasteiger partial charge on any atom is -0.155 e. The van der Waals surface area contributed by atoms with Crippen LogP contribution in [0.4, 0.5) is 0 Å². The second-order valence-electron chi connectivity index (χ2n) is 1.76. The molecule has 0 nitrogen and oxygen atoms in total. The molecule has 0 radical (unpaired) electrons. The van der Waals surface area contributed by atoms with E-state index in [2.05, 4.69) is 19.1 Å². The normalized spacial score (nSPS) is 7.90. The Hall–Kier alpha value is 0.0169. The van der Waals surface area contributed by atoms with Gasteiger partial charge in [-0.3, -0.25) is 0 Å². The standard InChI is InChI=1S/C7H8.Cl2H2Si/c1-7-5-3-2-4-6-7;1-3-2/h2-6H,1H3;3H2. The lowest BCUT2D eigenvalue weighted by atomic mass is 10.2. The van der Waals surface area contributed by atoms with E-state index in [1.54, 1.807) is 0 Å². The summed E-state index contributed by atoms with van der Waals surface area (Å²) in [6.45, 7) is 2.08. The van der Waals surface area contributed by atoms with Gasteiger partial charge in [-0.1, -0.05) is 35.9 Å². The van der Waals surface area contributed by atoms with Gasteiger partial charge in [-0.15, -0.1) is 0 Å². The number of rotatable bonds is 0. The maximum absolute atomic E-state index is 4.90. The SMILES string of the molecule is Cc1ccccc1.Cl[SiH2]Cl. The van der Waals surface area contributed by atoms with Crippen molar-refractivity contribution in [2.24, 2.45) is 0 Å². The van der Waals surface area contributed by atoms with Crippen LogP contribution in [0.1, 0.15) is 5.56 Å². The minimum absolute atomic E-state index is 0.639. The Bertz CT molecular complexity index is 153. The highest BCUT2D eigenvalue weighted by Gasteiger charge is 1.72. The molecule has 1 aromatic carbocycles. The summed E-state index contributed by atoms with van der Waals surface area (Å²) in [5.41, 5.74) is 1.32. The van der Waals surface area contributed by atoms with Gasteiger partial charge >= 0.3 is 0 Å². The molecular weight excluding hydrogens is 183 g/mol. The van der Waals surface area contributed by atoms with Crippen LogP contribution in [0.5, 0.6) is 0 Å².